The van der Waals surface area contributed by atoms with E-state index in [0.29, 0.717) is 30.2 Å². The van der Waals surface area contributed by atoms with Crippen molar-refractivity contribution in [1.29, 1.82) is 0 Å². The van der Waals surface area contributed by atoms with Crippen LogP contribution in [0.15, 0.2) is 18.3 Å². The van der Waals surface area contributed by atoms with Crippen LogP contribution in [-0.4, -0.2) is 60.8 Å². The van der Waals surface area contributed by atoms with E-state index in [1.54, 1.807) is 17.7 Å². The molecule has 0 bridgehead atoms. The highest BCUT2D eigenvalue weighted by Crippen LogP contribution is 2.44. The van der Waals surface area contributed by atoms with Gasteiger partial charge in [-0.25, -0.2) is 13.8 Å². The second kappa shape index (κ2) is 9.68. The summed E-state index contributed by atoms with van der Waals surface area (Å²) in [6.45, 7) is 4.78. The third-order valence-electron chi connectivity index (χ3n) is 7.74. The minimum absolute atomic E-state index is 0.124. The van der Waals surface area contributed by atoms with Crippen LogP contribution >= 0.6 is 0 Å². The highest BCUT2D eigenvalue weighted by Gasteiger charge is 2.33. The monoisotopic (exact) mass is 495 g/mol. The van der Waals surface area contributed by atoms with Crippen molar-refractivity contribution < 1.29 is 8.78 Å². The maximum absolute atomic E-state index is 15.1. The van der Waals surface area contributed by atoms with Gasteiger partial charge in [-0.15, -0.1) is 5.10 Å². The summed E-state index contributed by atoms with van der Waals surface area (Å²) in [7, 11) is 0. The van der Waals surface area contributed by atoms with E-state index in [2.05, 4.69) is 41.0 Å². The molecule has 0 amide bonds. The Hall–Kier alpha value is -3.21. The number of rotatable bonds is 7. The lowest BCUT2D eigenvalue weighted by Gasteiger charge is -2.44. The van der Waals surface area contributed by atoms with E-state index < -0.39 is 11.6 Å². The molecule has 1 saturated carbocycles. The quantitative estimate of drug-likeness (QED) is 0.500. The second-order valence-electron chi connectivity index (χ2n) is 10.2. The Balaban J connectivity index is 1.21. The fraction of sp³-hybridized carbons (Fsp3) is 0.560. The third-order valence-corrected chi connectivity index (χ3v) is 7.74. The highest BCUT2D eigenvalue weighted by molar-refractivity contribution is 5.62. The Kier molecular flexibility index (Phi) is 6.24. The van der Waals surface area contributed by atoms with Crippen molar-refractivity contribution in [3.05, 3.63) is 41.4 Å². The number of hydrogen-bond donors (Lipinski definition) is 2. The van der Waals surface area contributed by atoms with Crippen LogP contribution in [0.5, 0.6) is 0 Å². The molecule has 1 aliphatic carbocycles. The van der Waals surface area contributed by atoms with Crippen LogP contribution < -0.4 is 10.6 Å². The van der Waals surface area contributed by atoms with E-state index in [4.69, 9.17) is 0 Å². The molecule has 0 radical (unpaired) electrons. The van der Waals surface area contributed by atoms with Crippen molar-refractivity contribution >= 4 is 17.5 Å². The molecule has 0 spiro atoms. The van der Waals surface area contributed by atoms with Crippen LogP contribution in [0.25, 0.3) is 5.69 Å². The molecule has 4 heterocycles. The Morgan fingerprint density at radius 3 is 2.69 bits per heavy atom. The molecule has 3 fully saturated rings. The van der Waals surface area contributed by atoms with E-state index in [0.717, 1.165) is 49.8 Å². The number of nitrogens with one attached hydrogen (secondary N) is 2. The molecule has 2 atom stereocenters. The molecule has 1 aromatic carbocycles. The summed E-state index contributed by atoms with van der Waals surface area (Å²) >= 11 is 0. The first kappa shape index (κ1) is 23.2. The molecule has 9 nitrogen and oxygen atoms in total. The number of fused-ring (bicyclic) bond motifs is 1. The second-order valence-corrected chi connectivity index (χ2v) is 10.2. The molecule has 6 rings (SSSR count). The first-order chi connectivity index (χ1) is 17.6. The van der Waals surface area contributed by atoms with Crippen molar-refractivity contribution in [2.24, 2.45) is 5.92 Å². The number of hydrogen-bond acceptors (Lipinski definition) is 8. The number of aryl methyl sites for hydroxylation is 1. The molecule has 3 aromatic rings. The SMILES string of the molecule is Cc1nnnn1-c1cc(Nc2ncc(F)c(NC[C@@H]3CCCN4CCCC[C@H]34)n2)c(F)cc1C1CC1. The van der Waals surface area contributed by atoms with Gasteiger partial charge in [-0.1, -0.05) is 6.42 Å². The van der Waals surface area contributed by atoms with Crippen molar-refractivity contribution in [1.82, 2.24) is 35.1 Å². The summed E-state index contributed by atoms with van der Waals surface area (Å²) in [6, 6.07) is 3.75. The first-order valence-corrected chi connectivity index (χ1v) is 12.9. The highest BCUT2D eigenvalue weighted by atomic mass is 19.1. The molecule has 2 aliphatic heterocycles. The van der Waals surface area contributed by atoms with Gasteiger partial charge in [0, 0.05) is 12.6 Å². The Bertz CT molecular complexity index is 1240. The summed E-state index contributed by atoms with van der Waals surface area (Å²) < 4.78 is 31.3. The largest absolute Gasteiger partial charge is 0.367 e. The van der Waals surface area contributed by atoms with Crippen LogP contribution in [0.4, 0.5) is 26.2 Å². The summed E-state index contributed by atoms with van der Waals surface area (Å²) in [5, 5.41) is 17.9. The Labute approximate surface area is 208 Å². The van der Waals surface area contributed by atoms with Crippen molar-refractivity contribution in [3.8, 4) is 5.69 Å². The number of halogens is 2. The number of piperidine rings is 2. The van der Waals surface area contributed by atoms with Gasteiger partial charge >= 0.3 is 0 Å². The van der Waals surface area contributed by atoms with E-state index >= 15 is 4.39 Å². The average Bonchev–Trinajstić information content (AvgIpc) is 3.65. The molecule has 2 aromatic heterocycles. The molecule has 3 aliphatic rings. The number of tetrazole rings is 1. The molecule has 2 N–H and O–H groups in total. The Morgan fingerprint density at radius 1 is 1.03 bits per heavy atom. The molecule has 190 valence electrons. The van der Waals surface area contributed by atoms with Gasteiger partial charge in [0.15, 0.2) is 17.5 Å². The molecule has 36 heavy (non-hydrogen) atoms. The lowest BCUT2D eigenvalue weighted by Crippen LogP contribution is -2.49. The number of nitrogens with zero attached hydrogens (tertiary/aromatic N) is 7. The van der Waals surface area contributed by atoms with Crippen LogP contribution in [0.2, 0.25) is 0 Å². The predicted molar refractivity (Wildman–Crippen MR) is 132 cm³/mol. The van der Waals surface area contributed by atoms with Gasteiger partial charge in [0.05, 0.1) is 17.6 Å². The van der Waals surface area contributed by atoms with E-state index in [9.17, 15) is 4.39 Å². The maximum Gasteiger partial charge on any atom is 0.229 e. The van der Waals surface area contributed by atoms with Gasteiger partial charge in [0.25, 0.3) is 0 Å². The third kappa shape index (κ3) is 4.63. The fourth-order valence-corrected chi connectivity index (χ4v) is 5.75. The van der Waals surface area contributed by atoms with Crippen molar-refractivity contribution in [3.63, 3.8) is 0 Å². The number of aromatic nitrogens is 6. The fourth-order valence-electron chi connectivity index (χ4n) is 5.75. The summed E-state index contributed by atoms with van der Waals surface area (Å²) in [6.07, 6.45) is 9.15. The molecular weight excluding hydrogens is 464 g/mol. The smallest absolute Gasteiger partial charge is 0.229 e. The molecular formula is C25H31F2N9. The van der Waals surface area contributed by atoms with Crippen molar-refractivity contribution in [2.75, 3.05) is 30.3 Å². The summed E-state index contributed by atoms with van der Waals surface area (Å²) in [5.74, 6) is 0.675. The average molecular weight is 496 g/mol. The van der Waals surface area contributed by atoms with Gasteiger partial charge in [-0.3, -0.25) is 0 Å². The van der Waals surface area contributed by atoms with Gasteiger partial charge in [-0.2, -0.15) is 9.67 Å². The van der Waals surface area contributed by atoms with E-state index in [1.165, 1.54) is 31.7 Å². The van der Waals surface area contributed by atoms with E-state index in [1.807, 2.05) is 0 Å². The molecule has 0 unspecified atom stereocenters. The van der Waals surface area contributed by atoms with Gasteiger partial charge < -0.3 is 15.5 Å². The number of anilines is 3. The van der Waals surface area contributed by atoms with Gasteiger partial charge in [-0.05, 0) is 98.5 Å². The summed E-state index contributed by atoms with van der Waals surface area (Å²) in [4.78, 5) is 11.0. The minimum atomic E-state index is -0.522. The summed E-state index contributed by atoms with van der Waals surface area (Å²) in [5.41, 5.74) is 1.78. The van der Waals surface area contributed by atoms with Gasteiger partial charge in [0.1, 0.15) is 5.82 Å². The van der Waals surface area contributed by atoms with Crippen LogP contribution in [0.1, 0.15) is 62.3 Å². The predicted octanol–water partition coefficient (Wildman–Crippen LogP) is 4.34. The van der Waals surface area contributed by atoms with Crippen LogP contribution in [0, 0.1) is 24.5 Å². The lowest BCUT2D eigenvalue weighted by atomic mass is 9.83. The van der Waals surface area contributed by atoms with E-state index in [-0.39, 0.29) is 17.5 Å². The normalized spacial score (nSPS) is 22.3. The van der Waals surface area contributed by atoms with Crippen LogP contribution in [-0.2, 0) is 0 Å². The zero-order valence-electron chi connectivity index (χ0n) is 20.4. The zero-order chi connectivity index (χ0) is 24.6. The van der Waals surface area contributed by atoms with Gasteiger partial charge in [0.2, 0.25) is 5.95 Å². The number of benzene rings is 1. The maximum atomic E-state index is 15.1. The molecule has 11 heteroatoms. The Morgan fingerprint density at radius 2 is 1.89 bits per heavy atom. The topological polar surface area (TPSA) is 96.7 Å². The lowest BCUT2D eigenvalue weighted by molar-refractivity contribution is 0.0648. The zero-order valence-corrected chi connectivity index (χ0v) is 20.4. The van der Waals surface area contributed by atoms with Crippen LogP contribution in [0.3, 0.4) is 0 Å². The first-order valence-electron chi connectivity index (χ1n) is 12.9. The van der Waals surface area contributed by atoms with Crippen molar-refractivity contribution in [2.45, 2.75) is 63.8 Å². The minimum Gasteiger partial charge on any atom is -0.367 e. The molecule has 2 saturated heterocycles. The standard InChI is InChI=1S/C25H31F2N9/c1-15-32-33-34-36(15)23-12-21(19(26)11-18(23)16-7-8-16)30-25-29-14-20(27)24(31-25)28-13-17-5-4-10-35-9-3-2-6-22(17)35/h11-12,14,16-17,22H,2-10,13H2,1H3,(H2,28,29,30,31)/t17-,22+/m0/s1.